The third kappa shape index (κ3) is 2.94. The van der Waals surface area contributed by atoms with E-state index in [1.807, 2.05) is 11.3 Å². The van der Waals surface area contributed by atoms with E-state index in [1.165, 1.54) is 85.5 Å². The first-order valence-electron chi connectivity index (χ1n) is 13.4. The Morgan fingerprint density at radius 2 is 0.974 bits per heavy atom. The Bertz CT molecular complexity index is 2370. The van der Waals surface area contributed by atoms with Gasteiger partial charge in [0.15, 0.2) is 0 Å². The monoisotopic (exact) mass is 510 g/mol. The molecule has 1 heterocycles. The van der Waals surface area contributed by atoms with Crippen LogP contribution in [0, 0.1) is 0 Å². The number of hydrogen-bond acceptors (Lipinski definition) is 1. The third-order valence-electron chi connectivity index (χ3n) is 8.41. The molecule has 0 fully saturated rings. The summed E-state index contributed by atoms with van der Waals surface area (Å²) in [5.74, 6) is 0. The SMILES string of the molecule is c1ccc2c(-c3ccc(-c4cc5cccc6c7c8ccccc8sc7c7cccc4c7c56)cc3)cccc2c1. The summed E-state index contributed by atoms with van der Waals surface area (Å²) in [4.78, 5) is 0. The second-order valence-electron chi connectivity index (χ2n) is 10.5. The quantitative estimate of drug-likeness (QED) is 0.203. The van der Waals surface area contributed by atoms with Gasteiger partial charge in [0.05, 0.1) is 0 Å². The van der Waals surface area contributed by atoms with E-state index in [4.69, 9.17) is 0 Å². The summed E-state index contributed by atoms with van der Waals surface area (Å²) in [6.45, 7) is 0. The van der Waals surface area contributed by atoms with Gasteiger partial charge in [-0.25, -0.2) is 0 Å². The molecule has 0 spiro atoms. The number of fused-ring (bicyclic) bond motifs is 6. The van der Waals surface area contributed by atoms with Crippen molar-refractivity contribution in [1.29, 1.82) is 0 Å². The van der Waals surface area contributed by atoms with Crippen molar-refractivity contribution in [3.63, 3.8) is 0 Å². The first kappa shape index (κ1) is 21.2. The molecular weight excluding hydrogens is 488 g/mol. The van der Waals surface area contributed by atoms with E-state index >= 15 is 0 Å². The topological polar surface area (TPSA) is 0 Å². The minimum absolute atomic E-state index is 1.25. The fraction of sp³-hybridized carbons (Fsp3) is 0. The van der Waals surface area contributed by atoms with Gasteiger partial charge in [-0.1, -0.05) is 121 Å². The Balaban J connectivity index is 1.32. The molecule has 1 heteroatoms. The van der Waals surface area contributed by atoms with Gasteiger partial charge >= 0.3 is 0 Å². The average Bonchev–Trinajstić information content (AvgIpc) is 3.40. The Hall–Kier alpha value is -4.72. The smallest absolute Gasteiger partial charge is 0.0440 e. The molecule has 0 amide bonds. The highest BCUT2D eigenvalue weighted by Crippen LogP contribution is 2.48. The molecule has 0 unspecified atom stereocenters. The van der Waals surface area contributed by atoms with E-state index in [1.54, 1.807) is 0 Å². The molecule has 9 rings (SSSR count). The lowest BCUT2D eigenvalue weighted by atomic mass is 9.87. The Labute approximate surface area is 229 Å². The van der Waals surface area contributed by atoms with E-state index in [0.29, 0.717) is 0 Å². The van der Waals surface area contributed by atoms with E-state index in [-0.39, 0.29) is 0 Å². The van der Waals surface area contributed by atoms with Crippen LogP contribution >= 0.6 is 11.3 Å². The van der Waals surface area contributed by atoms with Gasteiger partial charge < -0.3 is 0 Å². The maximum atomic E-state index is 2.40. The van der Waals surface area contributed by atoms with Crippen molar-refractivity contribution in [1.82, 2.24) is 0 Å². The molecule has 0 aliphatic rings. The van der Waals surface area contributed by atoms with E-state index in [0.717, 1.165) is 0 Å². The van der Waals surface area contributed by atoms with Gasteiger partial charge in [-0.15, -0.1) is 11.3 Å². The maximum absolute atomic E-state index is 2.40. The summed E-state index contributed by atoms with van der Waals surface area (Å²) in [7, 11) is 0. The predicted molar refractivity (Wildman–Crippen MR) is 171 cm³/mol. The van der Waals surface area contributed by atoms with Gasteiger partial charge in [-0.05, 0) is 72.1 Å². The minimum atomic E-state index is 1.25. The molecule has 0 nitrogen and oxygen atoms in total. The van der Waals surface area contributed by atoms with Crippen LogP contribution in [0.25, 0.3) is 85.5 Å². The minimum Gasteiger partial charge on any atom is -0.135 e. The zero-order valence-corrected chi connectivity index (χ0v) is 21.9. The highest BCUT2D eigenvalue weighted by molar-refractivity contribution is 7.27. The number of benzene rings is 8. The van der Waals surface area contributed by atoms with Crippen LogP contribution in [-0.2, 0) is 0 Å². The van der Waals surface area contributed by atoms with E-state index in [2.05, 4.69) is 133 Å². The van der Waals surface area contributed by atoms with Crippen molar-refractivity contribution in [3.8, 4) is 22.3 Å². The maximum Gasteiger partial charge on any atom is 0.0440 e. The van der Waals surface area contributed by atoms with Crippen LogP contribution in [-0.4, -0.2) is 0 Å². The normalized spacial score (nSPS) is 12.1. The summed E-state index contributed by atoms with van der Waals surface area (Å²) < 4.78 is 2.75. The first-order chi connectivity index (χ1) is 19.3. The molecule has 0 atom stereocenters. The van der Waals surface area contributed by atoms with E-state index < -0.39 is 0 Å². The van der Waals surface area contributed by atoms with Crippen LogP contribution in [0.15, 0.2) is 133 Å². The summed E-state index contributed by atoms with van der Waals surface area (Å²) in [5.41, 5.74) is 5.08. The van der Waals surface area contributed by atoms with Crippen molar-refractivity contribution in [3.05, 3.63) is 133 Å². The Kier molecular flexibility index (Phi) is 4.30. The average molecular weight is 511 g/mol. The van der Waals surface area contributed by atoms with Crippen LogP contribution < -0.4 is 0 Å². The van der Waals surface area contributed by atoms with Gasteiger partial charge in [0, 0.05) is 25.6 Å². The number of rotatable bonds is 2. The Morgan fingerprint density at radius 3 is 1.87 bits per heavy atom. The zero-order valence-electron chi connectivity index (χ0n) is 21.1. The van der Waals surface area contributed by atoms with Crippen LogP contribution in [0.4, 0.5) is 0 Å². The first-order valence-corrected chi connectivity index (χ1v) is 14.3. The number of hydrogen-bond donors (Lipinski definition) is 0. The van der Waals surface area contributed by atoms with Gasteiger partial charge in [0.2, 0.25) is 0 Å². The summed E-state index contributed by atoms with van der Waals surface area (Å²) >= 11 is 1.92. The van der Waals surface area contributed by atoms with Crippen molar-refractivity contribution in [2.45, 2.75) is 0 Å². The standard InChI is InChI=1S/C38H22S/c1-2-11-27-23(8-1)9-5-13-28(27)24-18-20-25(21-19-24)33-22-26-10-6-15-31-35(26)36-29(33)14-7-16-32(36)38-37(31)30-12-3-4-17-34(30)39-38/h1-22H. The molecule has 0 bridgehead atoms. The van der Waals surface area contributed by atoms with Gasteiger partial charge in [0.1, 0.15) is 0 Å². The second kappa shape index (κ2) is 7.89. The number of thiophene rings is 1. The van der Waals surface area contributed by atoms with Crippen LogP contribution in [0.1, 0.15) is 0 Å². The van der Waals surface area contributed by atoms with Crippen molar-refractivity contribution in [2.75, 3.05) is 0 Å². The molecule has 39 heavy (non-hydrogen) atoms. The second-order valence-corrected chi connectivity index (χ2v) is 11.5. The van der Waals surface area contributed by atoms with Crippen LogP contribution in [0.2, 0.25) is 0 Å². The summed E-state index contributed by atoms with van der Waals surface area (Å²) in [6, 6.07) is 49.3. The third-order valence-corrected chi connectivity index (χ3v) is 9.61. The van der Waals surface area contributed by atoms with E-state index in [9.17, 15) is 0 Å². The molecule has 0 saturated carbocycles. The molecular formula is C38H22S. The van der Waals surface area contributed by atoms with Crippen molar-refractivity contribution in [2.24, 2.45) is 0 Å². The summed E-state index contributed by atoms with van der Waals surface area (Å²) in [6.07, 6.45) is 0. The largest absolute Gasteiger partial charge is 0.135 e. The Morgan fingerprint density at radius 1 is 0.359 bits per heavy atom. The van der Waals surface area contributed by atoms with Gasteiger partial charge in [-0.3, -0.25) is 0 Å². The van der Waals surface area contributed by atoms with Gasteiger partial charge in [0.25, 0.3) is 0 Å². The fourth-order valence-electron chi connectivity index (χ4n) is 6.69. The van der Waals surface area contributed by atoms with Crippen molar-refractivity contribution < 1.29 is 0 Å². The predicted octanol–water partition coefficient (Wildman–Crippen LogP) is 11.4. The van der Waals surface area contributed by atoms with Crippen LogP contribution in [0.3, 0.4) is 0 Å². The zero-order chi connectivity index (χ0) is 25.5. The molecule has 1 aromatic heterocycles. The molecule has 0 saturated heterocycles. The molecule has 0 aliphatic carbocycles. The highest BCUT2D eigenvalue weighted by Gasteiger charge is 2.19. The lowest BCUT2D eigenvalue weighted by Crippen LogP contribution is -1.89. The fourth-order valence-corrected chi connectivity index (χ4v) is 7.94. The summed E-state index contributed by atoms with van der Waals surface area (Å²) in [5, 5.41) is 13.5. The lowest BCUT2D eigenvalue weighted by molar-refractivity contribution is 1.63. The molecule has 0 aliphatic heterocycles. The lowest BCUT2D eigenvalue weighted by Gasteiger charge is -2.16. The van der Waals surface area contributed by atoms with Gasteiger partial charge in [-0.2, -0.15) is 0 Å². The van der Waals surface area contributed by atoms with Crippen LogP contribution in [0.5, 0.6) is 0 Å². The molecule has 180 valence electrons. The molecule has 8 aromatic carbocycles. The molecule has 0 radical (unpaired) electrons. The van der Waals surface area contributed by atoms with Crippen molar-refractivity contribution >= 4 is 74.6 Å². The molecule has 0 N–H and O–H groups in total. The molecule has 9 aromatic rings. The highest BCUT2D eigenvalue weighted by atomic mass is 32.1.